The van der Waals surface area contributed by atoms with Gasteiger partial charge in [-0.05, 0) is 50.5 Å². The number of aliphatic hydroxyl groups is 1. The van der Waals surface area contributed by atoms with E-state index in [4.69, 9.17) is 0 Å². The maximum absolute atomic E-state index is 11.2. The molecule has 110 valence electrons. The first-order chi connectivity index (χ1) is 9.08. The zero-order valence-electron chi connectivity index (χ0n) is 12.3. The average Bonchev–Trinajstić information content (AvgIpc) is 3.11. The Morgan fingerprint density at radius 3 is 2.74 bits per heavy atom. The minimum atomic E-state index is -0.121. The van der Waals surface area contributed by atoms with Gasteiger partial charge in [-0.1, -0.05) is 6.92 Å². The van der Waals surface area contributed by atoms with E-state index in [9.17, 15) is 9.90 Å². The van der Waals surface area contributed by atoms with E-state index in [2.05, 4.69) is 17.1 Å². The van der Waals surface area contributed by atoms with Crippen molar-refractivity contribution in [2.75, 3.05) is 19.6 Å². The van der Waals surface area contributed by atoms with E-state index in [0.717, 1.165) is 38.9 Å². The second-order valence-electron chi connectivity index (χ2n) is 6.40. The highest BCUT2D eigenvalue weighted by Crippen LogP contribution is 2.36. The van der Waals surface area contributed by atoms with E-state index in [1.807, 2.05) is 0 Å². The Balaban J connectivity index is 1.86. The quantitative estimate of drug-likeness (QED) is 0.765. The van der Waals surface area contributed by atoms with Crippen molar-refractivity contribution in [3.8, 4) is 0 Å². The SMILES string of the molecule is CCCN1CC(CC(O)C2CC2)CC(NC(C)=O)C1. The van der Waals surface area contributed by atoms with Crippen LogP contribution in [-0.2, 0) is 4.79 Å². The summed E-state index contributed by atoms with van der Waals surface area (Å²) in [6.07, 6.45) is 5.34. The largest absolute Gasteiger partial charge is 0.393 e. The molecule has 4 heteroatoms. The third kappa shape index (κ3) is 4.77. The van der Waals surface area contributed by atoms with Crippen LogP contribution in [-0.4, -0.2) is 47.7 Å². The molecule has 4 nitrogen and oxygen atoms in total. The number of nitrogens with zero attached hydrogens (tertiary/aromatic N) is 1. The molecule has 0 spiro atoms. The predicted octanol–water partition coefficient (Wildman–Crippen LogP) is 1.38. The molecular formula is C15H28N2O2. The van der Waals surface area contributed by atoms with Crippen molar-refractivity contribution < 1.29 is 9.90 Å². The van der Waals surface area contributed by atoms with Gasteiger partial charge in [-0.15, -0.1) is 0 Å². The van der Waals surface area contributed by atoms with Crippen molar-refractivity contribution in [2.24, 2.45) is 11.8 Å². The Hall–Kier alpha value is -0.610. The number of hydrogen-bond donors (Lipinski definition) is 2. The van der Waals surface area contributed by atoms with Crippen LogP contribution in [0.3, 0.4) is 0 Å². The molecule has 1 saturated heterocycles. The molecule has 0 aromatic carbocycles. The molecule has 2 rings (SSSR count). The Labute approximate surface area is 116 Å². The first-order valence-electron chi connectivity index (χ1n) is 7.76. The van der Waals surface area contributed by atoms with Gasteiger partial charge in [0.1, 0.15) is 0 Å². The van der Waals surface area contributed by atoms with Crippen molar-refractivity contribution in [1.29, 1.82) is 0 Å². The highest BCUT2D eigenvalue weighted by molar-refractivity contribution is 5.73. The van der Waals surface area contributed by atoms with E-state index in [0.29, 0.717) is 11.8 Å². The summed E-state index contributed by atoms with van der Waals surface area (Å²) >= 11 is 0. The third-order valence-corrected chi connectivity index (χ3v) is 4.30. The molecule has 2 fully saturated rings. The van der Waals surface area contributed by atoms with Gasteiger partial charge in [0.2, 0.25) is 5.91 Å². The zero-order valence-corrected chi connectivity index (χ0v) is 12.3. The first kappa shape index (κ1) is 14.8. The molecule has 2 N–H and O–H groups in total. The molecule has 1 amide bonds. The van der Waals surface area contributed by atoms with Gasteiger partial charge < -0.3 is 15.3 Å². The fourth-order valence-corrected chi connectivity index (χ4v) is 3.38. The smallest absolute Gasteiger partial charge is 0.217 e. The molecule has 19 heavy (non-hydrogen) atoms. The highest BCUT2D eigenvalue weighted by Gasteiger charge is 2.34. The Kier molecular flexibility index (Phi) is 5.22. The summed E-state index contributed by atoms with van der Waals surface area (Å²) < 4.78 is 0. The lowest BCUT2D eigenvalue weighted by Crippen LogP contribution is -2.51. The molecule has 0 aromatic rings. The average molecular weight is 268 g/mol. The van der Waals surface area contributed by atoms with Gasteiger partial charge in [0.15, 0.2) is 0 Å². The molecule has 2 aliphatic rings. The van der Waals surface area contributed by atoms with E-state index >= 15 is 0 Å². The molecule has 0 aromatic heterocycles. The van der Waals surface area contributed by atoms with Crippen LogP contribution >= 0.6 is 0 Å². The van der Waals surface area contributed by atoms with Crippen LogP contribution in [0.1, 0.15) is 46.0 Å². The number of rotatable bonds is 6. The first-order valence-corrected chi connectivity index (χ1v) is 7.76. The summed E-state index contributed by atoms with van der Waals surface area (Å²) in [7, 11) is 0. The zero-order chi connectivity index (χ0) is 13.8. The van der Waals surface area contributed by atoms with Crippen molar-refractivity contribution in [1.82, 2.24) is 10.2 Å². The Morgan fingerprint density at radius 1 is 1.42 bits per heavy atom. The standard InChI is InChI=1S/C15H28N2O2/c1-3-6-17-9-12(8-15(19)13-4-5-13)7-14(10-17)16-11(2)18/h12-15,19H,3-10H2,1-2H3,(H,16,18). The van der Waals surface area contributed by atoms with Crippen LogP contribution < -0.4 is 5.32 Å². The van der Waals surface area contributed by atoms with Gasteiger partial charge >= 0.3 is 0 Å². The van der Waals surface area contributed by atoms with Gasteiger partial charge in [-0.25, -0.2) is 0 Å². The van der Waals surface area contributed by atoms with Crippen LogP contribution in [0.25, 0.3) is 0 Å². The molecule has 0 radical (unpaired) electrons. The van der Waals surface area contributed by atoms with Crippen LogP contribution in [0.5, 0.6) is 0 Å². The van der Waals surface area contributed by atoms with Gasteiger partial charge in [-0.2, -0.15) is 0 Å². The molecular weight excluding hydrogens is 240 g/mol. The predicted molar refractivity (Wildman–Crippen MR) is 75.8 cm³/mol. The van der Waals surface area contributed by atoms with Crippen LogP contribution in [0.2, 0.25) is 0 Å². The maximum Gasteiger partial charge on any atom is 0.217 e. The fourth-order valence-electron chi connectivity index (χ4n) is 3.38. The number of amides is 1. The normalized spacial score (nSPS) is 30.1. The van der Waals surface area contributed by atoms with Gasteiger partial charge in [0.05, 0.1) is 6.10 Å². The van der Waals surface area contributed by atoms with E-state index < -0.39 is 0 Å². The van der Waals surface area contributed by atoms with Crippen molar-refractivity contribution >= 4 is 5.91 Å². The van der Waals surface area contributed by atoms with E-state index in [1.165, 1.54) is 12.8 Å². The number of hydrogen-bond acceptors (Lipinski definition) is 3. The molecule has 0 bridgehead atoms. The number of nitrogens with one attached hydrogen (secondary N) is 1. The van der Waals surface area contributed by atoms with Crippen LogP contribution in [0, 0.1) is 11.8 Å². The lowest BCUT2D eigenvalue weighted by Gasteiger charge is -2.38. The summed E-state index contributed by atoms with van der Waals surface area (Å²) in [5.74, 6) is 1.14. The Bertz CT molecular complexity index is 305. The lowest BCUT2D eigenvalue weighted by molar-refractivity contribution is -0.120. The van der Waals surface area contributed by atoms with Crippen LogP contribution in [0.15, 0.2) is 0 Å². The number of likely N-dealkylation sites (tertiary alicyclic amines) is 1. The number of carbonyl (C=O) groups excluding carboxylic acids is 1. The Morgan fingerprint density at radius 2 is 2.16 bits per heavy atom. The van der Waals surface area contributed by atoms with Gasteiger partial charge in [-0.3, -0.25) is 4.79 Å². The monoisotopic (exact) mass is 268 g/mol. The second kappa shape index (κ2) is 6.71. The van der Waals surface area contributed by atoms with Crippen molar-refractivity contribution in [3.63, 3.8) is 0 Å². The number of carbonyl (C=O) groups is 1. The molecule has 1 heterocycles. The molecule has 3 unspecified atom stereocenters. The summed E-state index contributed by atoms with van der Waals surface area (Å²) in [6.45, 7) is 6.91. The van der Waals surface area contributed by atoms with Gasteiger partial charge in [0.25, 0.3) is 0 Å². The molecule has 1 aliphatic heterocycles. The molecule has 3 atom stereocenters. The van der Waals surface area contributed by atoms with Gasteiger partial charge in [0, 0.05) is 26.1 Å². The fraction of sp³-hybridized carbons (Fsp3) is 0.933. The summed E-state index contributed by atoms with van der Waals surface area (Å²) in [5, 5.41) is 13.2. The number of piperidine rings is 1. The third-order valence-electron chi connectivity index (χ3n) is 4.30. The van der Waals surface area contributed by atoms with E-state index in [1.54, 1.807) is 6.92 Å². The van der Waals surface area contributed by atoms with E-state index in [-0.39, 0.29) is 18.1 Å². The van der Waals surface area contributed by atoms with Crippen LogP contribution in [0.4, 0.5) is 0 Å². The second-order valence-corrected chi connectivity index (χ2v) is 6.40. The summed E-state index contributed by atoms with van der Waals surface area (Å²) in [4.78, 5) is 13.7. The molecule has 1 saturated carbocycles. The topological polar surface area (TPSA) is 52.6 Å². The van der Waals surface area contributed by atoms with Crippen molar-refractivity contribution in [3.05, 3.63) is 0 Å². The minimum Gasteiger partial charge on any atom is -0.393 e. The summed E-state index contributed by atoms with van der Waals surface area (Å²) in [6, 6.07) is 0.259. The summed E-state index contributed by atoms with van der Waals surface area (Å²) in [5.41, 5.74) is 0. The minimum absolute atomic E-state index is 0.0600. The lowest BCUT2D eigenvalue weighted by atomic mass is 9.88. The number of aliphatic hydroxyl groups excluding tert-OH is 1. The maximum atomic E-state index is 11.2. The molecule has 1 aliphatic carbocycles. The highest BCUT2D eigenvalue weighted by atomic mass is 16.3. The van der Waals surface area contributed by atoms with Crippen molar-refractivity contribution in [2.45, 2.75) is 58.1 Å².